The van der Waals surface area contributed by atoms with Gasteiger partial charge in [-0.2, -0.15) is 0 Å². The van der Waals surface area contributed by atoms with Gasteiger partial charge in [-0.25, -0.2) is 0 Å². The first-order valence-corrected chi connectivity index (χ1v) is 7.33. The number of nitrogens with zero attached hydrogens (tertiary/aromatic N) is 1. The normalized spacial score (nSPS) is 19.0. The van der Waals surface area contributed by atoms with Gasteiger partial charge in [0.25, 0.3) is 0 Å². The molecule has 1 unspecified atom stereocenters. The third-order valence-electron chi connectivity index (χ3n) is 3.85. The van der Waals surface area contributed by atoms with Gasteiger partial charge in [-0.3, -0.25) is 0 Å². The van der Waals surface area contributed by atoms with Crippen molar-refractivity contribution in [2.45, 2.75) is 38.9 Å². The SMILES string of the molecule is Cc1cccc(C)c1OCC(O)CN1CCC(O)CC1. The molecule has 0 bridgehead atoms. The third kappa shape index (κ3) is 4.20. The Morgan fingerprint density at radius 1 is 1.25 bits per heavy atom. The van der Waals surface area contributed by atoms with Crippen LogP contribution in [-0.2, 0) is 0 Å². The number of aliphatic hydroxyl groups excluding tert-OH is 2. The van der Waals surface area contributed by atoms with E-state index in [-0.39, 0.29) is 6.10 Å². The summed E-state index contributed by atoms with van der Waals surface area (Å²) >= 11 is 0. The van der Waals surface area contributed by atoms with Crippen LogP contribution in [0.5, 0.6) is 5.75 Å². The summed E-state index contributed by atoms with van der Waals surface area (Å²) < 4.78 is 5.77. The van der Waals surface area contributed by atoms with Crippen LogP contribution >= 0.6 is 0 Å². The molecule has 1 aliphatic rings. The molecule has 1 atom stereocenters. The maximum Gasteiger partial charge on any atom is 0.125 e. The van der Waals surface area contributed by atoms with E-state index in [9.17, 15) is 10.2 Å². The fraction of sp³-hybridized carbons (Fsp3) is 0.625. The zero-order valence-corrected chi connectivity index (χ0v) is 12.4. The van der Waals surface area contributed by atoms with E-state index in [1.807, 2.05) is 32.0 Å². The van der Waals surface area contributed by atoms with Crippen LogP contribution in [0.15, 0.2) is 18.2 Å². The van der Waals surface area contributed by atoms with Gasteiger partial charge >= 0.3 is 0 Å². The molecule has 0 amide bonds. The molecule has 1 aromatic rings. The van der Waals surface area contributed by atoms with Gasteiger partial charge in [0.05, 0.1) is 6.10 Å². The number of para-hydroxylation sites is 1. The second-order valence-electron chi connectivity index (χ2n) is 5.72. The van der Waals surface area contributed by atoms with E-state index in [1.165, 1.54) is 0 Å². The minimum atomic E-state index is -0.496. The fourth-order valence-corrected chi connectivity index (χ4v) is 2.66. The Morgan fingerprint density at radius 2 is 1.85 bits per heavy atom. The van der Waals surface area contributed by atoms with Gasteiger partial charge in [0.2, 0.25) is 0 Å². The second kappa shape index (κ2) is 7.07. The van der Waals surface area contributed by atoms with Gasteiger partial charge in [0, 0.05) is 19.6 Å². The summed E-state index contributed by atoms with van der Waals surface area (Å²) in [4.78, 5) is 2.19. The van der Waals surface area contributed by atoms with E-state index in [4.69, 9.17) is 4.74 Å². The highest BCUT2D eigenvalue weighted by atomic mass is 16.5. The molecule has 1 aromatic carbocycles. The molecule has 4 nitrogen and oxygen atoms in total. The predicted octanol–water partition coefficient (Wildman–Crippen LogP) is 1.50. The van der Waals surface area contributed by atoms with Crippen LogP contribution in [0, 0.1) is 13.8 Å². The van der Waals surface area contributed by atoms with Crippen molar-refractivity contribution in [2.24, 2.45) is 0 Å². The van der Waals surface area contributed by atoms with E-state index >= 15 is 0 Å². The lowest BCUT2D eigenvalue weighted by atomic mass is 10.1. The Labute approximate surface area is 121 Å². The molecular formula is C16H25NO3. The molecule has 0 saturated carbocycles. The average molecular weight is 279 g/mol. The zero-order chi connectivity index (χ0) is 14.5. The first-order valence-electron chi connectivity index (χ1n) is 7.33. The Morgan fingerprint density at radius 3 is 2.45 bits per heavy atom. The van der Waals surface area contributed by atoms with E-state index in [1.54, 1.807) is 0 Å². The number of hydrogen-bond acceptors (Lipinski definition) is 4. The summed E-state index contributed by atoms with van der Waals surface area (Å²) in [7, 11) is 0. The lowest BCUT2D eigenvalue weighted by molar-refractivity contribution is 0.0335. The molecule has 0 aromatic heterocycles. The predicted molar refractivity (Wildman–Crippen MR) is 79.1 cm³/mol. The lowest BCUT2D eigenvalue weighted by Crippen LogP contribution is -2.41. The van der Waals surface area contributed by atoms with E-state index in [2.05, 4.69) is 4.90 Å². The molecule has 1 heterocycles. The number of benzene rings is 1. The minimum absolute atomic E-state index is 0.172. The third-order valence-corrected chi connectivity index (χ3v) is 3.85. The highest BCUT2D eigenvalue weighted by Gasteiger charge is 2.19. The van der Waals surface area contributed by atoms with E-state index < -0.39 is 6.10 Å². The van der Waals surface area contributed by atoms with Crippen LogP contribution in [-0.4, -0.2) is 53.6 Å². The Balaban J connectivity index is 1.79. The fourth-order valence-electron chi connectivity index (χ4n) is 2.66. The highest BCUT2D eigenvalue weighted by Crippen LogP contribution is 2.22. The van der Waals surface area contributed by atoms with Crippen molar-refractivity contribution in [1.29, 1.82) is 0 Å². The molecule has 0 spiro atoms. The van der Waals surface area contributed by atoms with Crippen LogP contribution < -0.4 is 4.74 Å². The second-order valence-corrected chi connectivity index (χ2v) is 5.72. The number of aryl methyl sites for hydroxylation is 2. The Hall–Kier alpha value is -1.10. The van der Waals surface area contributed by atoms with Crippen molar-refractivity contribution in [1.82, 2.24) is 4.90 Å². The zero-order valence-electron chi connectivity index (χ0n) is 12.4. The molecule has 1 aliphatic heterocycles. The lowest BCUT2D eigenvalue weighted by Gasteiger charge is -2.31. The topological polar surface area (TPSA) is 52.9 Å². The molecule has 20 heavy (non-hydrogen) atoms. The van der Waals surface area contributed by atoms with Crippen molar-refractivity contribution in [3.05, 3.63) is 29.3 Å². The molecule has 1 saturated heterocycles. The molecule has 4 heteroatoms. The van der Waals surface area contributed by atoms with Crippen LogP contribution in [0.1, 0.15) is 24.0 Å². The first-order chi connectivity index (χ1) is 9.56. The Kier molecular flexibility index (Phi) is 5.40. The number of ether oxygens (including phenoxy) is 1. The van der Waals surface area contributed by atoms with Crippen molar-refractivity contribution < 1.29 is 14.9 Å². The number of β-amino-alcohol motifs (C(OH)–C–C–N with tert-alkyl or cyclic N) is 1. The Bertz CT molecular complexity index is 407. The van der Waals surface area contributed by atoms with Crippen molar-refractivity contribution >= 4 is 0 Å². The summed E-state index contributed by atoms with van der Waals surface area (Å²) in [5.74, 6) is 0.876. The number of piperidine rings is 1. The summed E-state index contributed by atoms with van der Waals surface area (Å²) in [5.41, 5.74) is 2.19. The summed E-state index contributed by atoms with van der Waals surface area (Å²) in [6.45, 7) is 6.65. The summed E-state index contributed by atoms with van der Waals surface area (Å²) in [5, 5.41) is 19.5. The van der Waals surface area contributed by atoms with Crippen LogP contribution in [0.25, 0.3) is 0 Å². The summed E-state index contributed by atoms with van der Waals surface area (Å²) in [6, 6.07) is 6.04. The molecular weight excluding hydrogens is 254 g/mol. The van der Waals surface area contributed by atoms with Gasteiger partial charge in [-0.05, 0) is 37.8 Å². The van der Waals surface area contributed by atoms with E-state index in [0.29, 0.717) is 13.2 Å². The van der Waals surface area contributed by atoms with Crippen LogP contribution in [0.3, 0.4) is 0 Å². The largest absolute Gasteiger partial charge is 0.490 e. The molecule has 1 fully saturated rings. The standard InChI is InChI=1S/C16H25NO3/c1-12-4-3-5-13(2)16(12)20-11-15(19)10-17-8-6-14(18)7-9-17/h3-5,14-15,18-19H,6-11H2,1-2H3. The highest BCUT2D eigenvalue weighted by molar-refractivity contribution is 5.39. The van der Waals surface area contributed by atoms with Crippen molar-refractivity contribution in [3.63, 3.8) is 0 Å². The van der Waals surface area contributed by atoms with Gasteiger partial charge in [0.15, 0.2) is 0 Å². The maximum absolute atomic E-state index is 10.1. The average Bonchev–Trinajstić information content (AvgIpc) is 2.41. The molecule has 112 valence electrons. The van der Waals surface area contributed by atoms with Crippen molar-refractivity contribution in [3.8, 4) is 5.75 Å². The van der Waals surface area contributed by atoms with Gasteiger partial charge in [0.1, 0.15) is 18.5 Å². The summed E-state index contributed by atoms with van der Waals surface area (Å²) in [6.07, 6.45) is 0.924. The number of rotatable bonds is 5. The molecule has 2 N–H and O–H groups in total. The molecule has 2 rings (SSSR count). The van der Waals surface area contributed by atoms with Crippen LogP contribution in [0.2, 0.25) is 0 Å². The van der Waals surface area contributed by atoms with Gasteiger partial charge in [-0.15, -0.1) is 0 Å². The molecule has 0 radical (unpaired) electrons. The molecule has 0 aliphatic carbocycles. The number of likely N-dealkylation sites (tertiary alicyclic amines) is 1. The first kappa shape index (κ1) is 15.3. The van der Waals surface area contributed by atoms with Gasteiger partial charge < -0.3 is 19.8 Å². The quantitative estimate of drug-likeness (QED) is 0.857. The van der Waals surface area contributed by atoms with Gasteiger partial charge in [-0.1, -0.05) is 18.2 Å². The van der Waals surface area contributed by atoms with Crippen molar-refractivity contribution in [2.75, 3.05) is 26.2 Å². The number of hydrogen-bond donors (Lipinski definition) is 2. The maximum atomic E-state index is 10.1. The monoisotopic (exact) mass is 279 g/mol. The number of aliphatic hydroxyl groups is 2. The van der Waals surface area contributed by atoms with Crippen LogP contribution in [0.4, 0.5) is 0 Å². The van der Waals surface area contributed by atoms with E-state index in [0.717, 1.165) is 42.8 Å². The smallest absolute Gasteiger partial charge is 0.125 e. The minimum Gasteiger partial charge on any atom is -0.490 e.